The highest BCUT2D eigenvalue weighted by atomic mass is 16.2. The first-order chi connectivity index (χ1) is 36.6. The minimum atomic E-state index is -1.14. The van der Waals surface area contributed by atoms with Gasteiger partial charge in [0.25, 0.3) is 0 Å². The first kappa shape index (κ1) is 61.5. The van der Waals surface area contributed by atoms with Crippen LogP contribution >= 0.6 is 0 Å². The molecule has 0 saturated carbocycles. The Morgan fingerprint density at radius 1 is 0.481 bits per heavy atom. The van der Waals surface area contributed by atoms with E-state index in [0.29, 0.717) is 51.5 Å². The van der Waals surface area contributed by atoms with Crippen LogP contribution in [0.4, 0.5) is 0 Å². The van der Waals surface area contributed by atoms with Crippen molar-refractivity contribution in [2.45, 2.75) is 188 Å². The molecule has 18 heteroatoms. The average molecular weight is 1070 g/mol. The minimum absolute atomic E-state index is 0.0793. The number of hydrogen-bond acceptors (Lipinski definition) is 9. The van der Waals surface area contributed by atoms with E-state index in [2.05, 4.69) is 37.2 Å². The highest BCUT2D eigenvalue weighted by Gasteiger charge is 2.45. The summed E-state index contributed by atoms with van der Waals surface area (Å²) in [6, 6.07) is 10.4. The quantitative estimate of drug-likeness (QED) is 0.151. The van der Waals surface area contributed by atoms with Gasteiger partial charge >= 0.3 is 0 Å². The van der Waals surface area contributed by atoms with E-state index in [1.165, 1.54) is 4.90 Å². The summed E-state index contributed by atoms with van der Waals surface area (Å²) in [5.74, 6) is -6.53. The molecule has 2 aromatic carbocycles. The molecule has 0 bridgehead atoms. The molecule has 9 amide bonds. The topological polar surface area (TPSA) is 244 Å². The molecule has 0 radical (unpaired) electrons. The lowest BCUT2D eigenvalue weighted by molar-refractivity contribution is -0.148. The normalized spacial score (nSPS) is 27.2. The zero-order chi connectivity index (χ0) is 56.5. The van der Waals surface area contributed by atoms with Gasteiger partial charge in [-0.1, -0.05) is 143 Å². The van der Waals surface area contributed by atoms with Crippen LogP contribution < -0.4 is 37.2 Å². The number of rotatable bonds is 13. The van der Waals surface area contributed by atoms with Crippen molar-refractivity contribution >= 4 is 53.2 Å². The smallest absolute Gasteiger partial charge is 0.246 e. The Morgan fingerprint density at radius 3 is 1.43 bits per heavy atom. The summed E-state index contributed by atoms with van der Waals surface area (Å²) in [4.78, 5) is 133. The van der Waals surface area contributed by atoms with E-state index in [1.807, 2.05) is 116 Å². The second kappa shape index (κ2) is 29.4. The standard InChI is InChI=1S/C59H89N9O9/c1-11-38(9)50-56(74)63-44(30-36(5)6)53(71)64-49(37(7)8)59(77)68-28-20-26-47(68)58(76)67-27-19-25-46(67)55(73)60-34-42(31-40-21-15-13-16-22-40)33-48(69)61-45(32-41-23-17-14-18-24-41)52(70)62-43(29-35(3)4)54(72)65-51(39(10)12-2)57(75)66-50/h13-18,21-24,35-39,42-47,49-51H,11-12,19-20,25-34H2,1-10H3,(H,60,73)(H,61,69)(H,62,70)(H,63,74)(H,64,71)(H,65,72)(H,66,75)/t38-,39-,42+,43-,44-,45-,46-,47-,49-,50-,51-/m0/s1. The number of fused-ring (bicyclic) bond motifs is 2. The van der Waals surface area contributed by atoms with Crippen molar-refractivity contribution in [3.8, 4) is 0 Å². The van der Waals surface area contributed by atoms with Gasteiger partial charge in [0.2, 0.25) is 53.2 Å². The van der Waals surface area contributed by atoms with Crippen molar-refractivity contribution < 1.29 is 43.2 Å². The van der Waals surface area contributed by atoms with Gasteiger partial charge in [0.1, 0.15) is 48.3 Å². The Balaban J connectivity index is 1.56. The van der Waals surface area contributed by atoms with E-state index in [0.717, 1.165) is 11.1 Å². The number of nitrogens with one attached hydrogen (secondary N) is 7. The molecule has 424 valence electrons. The van der Waals surface area contributed by atoms with Crippen LogP contribution in [0.2, 0.25) is 0 Å². The molecule has 3 fully saturated rings. The van der Waals surface area contributed by atoms with Gasteiger partial charge in [-0.3, -0.25) is 43.2 Å². The molecular formula is C59H89N9O9. The molecule has 18 nitrogen and oxygen atoms in total. The van der Waals surface area contributed by atoms with Crippen LogP contribution in [-0.2, 0) is 56.0 Å². The molecule has 3 aliphatic heterocycles. The third-order valence-corrected chi connectivity index (χ3v) is 15.5. The molecular weight excluding hydrogens is 979 g/mol. The highest BCUT2D eigenvalue weighted by Crippen LogP contribution is 2.27. The van der Waals surface area contributed by atoms with Crippen molar-refractivity contribution in [3.63, 3.8) is 0 Å². The monoisotopic (exact) mass is 1070 g/mol. The number of carbonyl (C=O) groups is 9. The summed E-state index contributed by atoms with van der Waals surface area (Å²) in [5, 5.41) is 20.6. The lowest BCUT2D eigenvalue weighted by Gasteiger charge is -2.34. The summed E-state index contributed by atoms with van der Waals surface area (Å²) in [6.07, 6.45) is 3.65. The van der Waals surface area contributed by atoms with Crippen LogP contribution in [0.15, 0.2) is 60.7 Å². The van der Waals surface area contributed by atoms with E-state index in [1.54, 1.807) is 18.7 Å². The molecule has 0 unspecified atom stereocenters. The fraction of sp³-hybridized carbons (Fsp3) is 0.644. The number of hydrogen-bond donors (Lipinski definition) is 7. The second-order valence-corrected chi connectivity index (χ2v) is 23.0. The van der Waals surface area contributed by atoms with Gasteiger partial charge in [-0.2, -0.15) is 0 Å². The number of nitrogens with zero attached hydrogens (tertiary/aromatic N) is 2. The maximum Gasteiger partial charge on any atom is 0.246 e. The Kier molecular flexibility index (Phi) is 23.5. The molecule has 0 spiro atoms. The molecule has 77 heavy (non-hydrogen) atoms. The van der Waals surface area contributed by atoms with Gasteiger partial charge in [0.05, 0.1) is 0 Å². The SMILES string of the molecule is CC[C@H](C)[C@@H]1NC(=O)[C@H](CC(C)C)NC(=O)[C@H](Cc2ccccc2)NC(=O)C[C@@H](Cc2ccccc2)CNC(=O)[C@@H]2CCCN2C(=O)[C@@H]2CCCN2C(=O)[C@H](C(C)C)NC(=O)[C@H](CC(C)C)NC(=O)[C@H]([C@@H](C)CC)NC1=O. The van der Waals surface area contributed by atoms with Crippen LogP contribution in [0.5, 0.6) is 0 Å². The van der Waals surface area contributed by atoms with E-state index >= 15 is 0 Å². The van der Waals surface area contributed by atoms with Crippen molar-refractivity contribution in [1.29, 1.82) is 0 Å². The van der Waals surface area contributed by atoms with Crippen molar-refractivity contribution in [2.75, 3.05) is 19.6 Å². The molecule has 7 N–H and O–H groups in total. The van der Waals surface area contributed by atoms with E-state index in [9.17, 15) is 43.2 Å². The van der Waals surface area contributed by atoms with E-state index in [-0.39, 0.29) is 62.4 Å². The summed E-state index contributed by atoms with van der Waals surface area (Å²) in [6.45, 7) is 19.3. The molecule has 2 aromatic rings. The average Bonchev–Trinajstić information content (AvgIpc) is 4.10. The summed E-state index contributed by atoms with van der Waals surface area (Å²) >= 11 is 0. The Labute approximate surface area is 456 Å². The van der Waals surface area contributed by atoms with Gasteiger partial charge in [0.15, 0.2) is 0 Å². The minimum Gasteiger partial charge on any atom is -0.354 e. The largest absolute Gasteiger partial charge is 0.354 e. The zero-order valence-electron chi connectivity index (χ0n) is 47.3. The van der Waals surface area contributed by atoms with Gasteiger partial charge < -0.3 is 47.0 Å². The van der Waals surface area contributed by atoms with Crippen molar-refractivity contribution in [1.82, 2.24) is 47.0 Å². The first-order valence-corrected chi connectivity index (χ1v) is 28.4. The predicted octanol–water partition coefficient (Wildman–Crippen LogP) is 4.34. The number of carbonyl (C=O) groups excluding carboxylic acids is 9. The van der Waals surface area contributed by atoms with Gasteiger partial charge in [-0.15, -0.1) is 0 Å². The van der Waals surface area contributed by atoms with Crippen molar-refractivity contribution in [3.05, 3.63) is 71.8 Å². The van der Waals surface area contributed by atoms with E-state index in [4.69, 9.17) is 0 Å². The lowest BCUT2D eigenvalue weighted by Crippen LogP contribution is -2.62. The van der Waals surface area contributed by atoms with Gasteiger partial charge in [0, 0.05) is 32.5 Å². The molecule has 5 rings (SSSR count). The predicted molar refractivity (Wildman–Crippen MR) is 295 cm³/mol. The molecule has 0 aromatic heterocycles. The number of amides is 9. The summed E-state index contributed by atoms with van der Waals surface area (Å²) < 4.78 is 0. The third-order valence-electron chi connectivity index (χ3n) is 15.5. The van der Waals surface area contributed by atoms with Gasteiger partial charge in [-0.25, -0.2) is 0 Å². The maximum absolute atomic E-state index is 14.6. The van der Waals surface area contributed by atoms with Crippen LogP contribution in [0.1, 0.15) is 138 Å². The van der Waals surface area contributed by atoms with Gasteiger partial charge in [-0.05, 0) is 91.6 Å². The summed E-state index contributed by atoms with van der Waals surface area (Å²) in [5.41, 5.74) is 1.69. The second-order valence-electron chi connectivity index (χ2n) is 23.0. The molecule has 3 aliphatic rings. The van der Waals surface area contributed by atoms with Crippen LogP contribution in [0.25, 0.3) is 0 Å². The Bertz CT molecular complexity index is 2330. The molecule has 3 saturated heterocycles. The first-order valence-electron chi connectivity index (χ1n) is 28.4. The van der Waals surface area contributed by atoms with Crippen LogP contribution in [0.3, 0.4) is 0 Å². The van der Waals surface area contributed by atoms with Crippen molar-refractivity contribution in [2.24, 2.45) is 35.5 Å². The van der Waals surface area contributed by atoms with Crippen LogP contribution in [-0.4, -0.2) is 131 Å². The fourth-order valence-corrected chi connectivity index (χ4v) is 10.7. The third kappa shape index (κ3) is 17.6. The molecule has 3 heterocycles. The fourth-order valence-electron chi connectivity index (χ4n) is 10.7. The Morgan fingerprint density at radius 2 is 0.922 bits per heavy atom. The number of benzene rings is 2. The van der Waals surface area contributed by atoms with Crippen LogP contribution in [0, 0.1) is 35.5 Å². The highest BCUT2D eigenvalue weighted by molar-refractivity contribution is 5.98. The molecule has 11 atom stereocenters. The lowest BCUT2D eigenvalue weighted by atomic mass is 9.93. The Hall–Kier alpha value is -6.33. The maximum atomic E-state index is 14.6. The molecule has 0 aliphatic carbocycles. The zero-order valence-corrected chi connectivity index (χ0v) is 47.3. The van der Waals surface area contributed by atoms with E-state index < -0.39 is 113 Å². The summed E-state index contributed by atoms with van der Waals surface area (Å²) in [7, 11) is 0.